The van der Waals surface area contributed by atoms with E-state index in [0.29, 0.717) is 33.4 Å². The van der Waals surface area contributed by atoms with Gasteiger partial charge in [0.15, 0.2) is 5.65 Å². The van der Waals surface area contributed by atoms with Crippen molar-refractivity contribution in [3.63, 3.8) is 0 Å². The smallest absolute Gasteiger partial charge is 0.338 e. The van der Waals surface area contributed by atoms with Gasteiger partial charge < -0.3 is 14.6 Å². The van der Waals surface area contributed by atoms with E-state index in [4.69, 9.17) is 20.9 Å². The highest BCUT2D eigenvalue weighted by atomic mass is 35.5. The number of halogens is 1. The van der Waals surface area contributed by atoms with E-state index in [9.17, 15) is 14.4 Å². The third-order valence-electron chi connectivity index (χ3n) is 4.37. The van der Waals surface area contributed by atoms with Crippen LogP contribution in [0.15, 0.2) is 70.0 Å². The number of esters is 1. The van der Waals surface area contributed by atoms with Gasteiger partial charge in [-0.3, -0.25) is 9.59 Å². The van der Waals surface area contributed by atoms with Crippen molar-refractivity contribution in [3.8, 4) is 0 Å². The average Bonchev–Trinajstić information content (AvgIpc) is 3.13. The Morgan fingerprint density at radius 2 is 1.87 bits per heavy atom. The predicted octanol–water partition coefficient (Wildman–Crippen LogP) is 3.86. The number of hydrogen-bond donors (Lipinski definition) is 1. The number of aryl methyl sites for hydroxylation is 1. The Balaban J connectivity index is 1.40. The zero-order valence-corrected chi connectivity index (χ0v) is 17.1. The number of carbonyl (C=O) groups excluding carboxylic acids is 2. The van der Waals surface area contributed by atoms with E-state index in [1.807, 2.05) is 0 Å². The van der Waals surface area contributed by atoms with Gasteiger partial charge in [-0.05, 0) is 43.3 Å². The predicted molar refractivity (Wildman–Crippen MR) is 113 cm³/mol. The number of hydrogen-bond acceptors (Lipinski definition) is 6. The second kappa shape index (κ2) is 8.45. The van der Waals surface area contributed by atoms with Gasteiger partial charge in [-0.15, -0.1) is 4.57 Å². The van der Waals surface area contributed by atoms with Crippen LogP contribution in [0.2, 0.25) is 5.02 Å². The first-order valence-corrected chi connectivity index (χ1v) is 9.61. The minimum atomic E-state index is -0.589. The molecule has 31 heavy (non-hydrogen) atoms. The fourth-order valence-corrected chi connectivity index (χ4v) is 3.13. The highest BCUT2D eigenvalue weighted by Gasteiger charge is 2.13. The van der Waals surface area contributed by atoms with E-state index in [-0.39, 0.29) is 18.1 Å². The molecule has 0 atom stereocenters. The molecule has 0 aliphatic heterocycles. The highest BCUT2D eigenvalue weighted by Crippen LogP contribution is 2.18. The summed E-state index contributed by atoms with van der Waals surface area (Å²) in [7, 11) is 0. The number of nitrogens with zero attached hydrogens (tertiary/aromatic N) is 2. The summed E-state index contributed by atoms with van der Waals surface area (Å²) in [6, 6.07) is 15.8. The van der Waals surface area contributed by atoms with Gasteiger partial charge >= 0.3 is 5.97 Å². The molecule has 0 bridgehead atoms. The molecule has 9 heteroatoms. The lowest BCUT2D eigenvalue weighted by Crippen LogP contribution is -2.15. The Morgan fingerprint density at radius 3 is 2.61 bits per heavy atom. The Bertz CT molecular complexity index is 1340. The monoisotopic (exact) mass is 437 g/mol. The third kappa shape index (κ3) is 4.49. The van der Waals surface area contributed by atoms with Gasteiger partial charge in [0.2, 0.25) is 0 Å². The Morgan fingerprint density at radius 1 is 1.13 bits per heavy atom. The van der Waals surface area contributed by atoms with Crippen molar-refractivity contribution in [3.05, 3.63) is 98.6 Å². The second-order valence-corrected chi connectivity index (χ2v) is 7.08. The molecular weight excluding hydrogens is 422 g/mol. The van der Waals surface area contributed by atoms with Crippen LogP contribution in [-0.2, 0) is 11.3 Å². The van der Waals surface area contributed by atoms with E-state index < -0.39 is 11.5 Å². The zero-order chi connectivity index (χ0) is 22.0. The lowest BCUT2D eigenvalue weighted by atomic mass is 10.2. The molecule has 2 aromatic heterocycles. The van der Waals surface area contributed by atoms with Crippen molar-refractivity contribution in [2.45, 2.75) is 13.5 Å². The molecule has 0 fully saturated rings. The Hall–Kier alpha value is -3.91. The minimum Gasteiger partial charge on any atom is -0.456 e. The minimum absolute atomic E-state index is 0.167. The van der Waals surface area contributed by atoms with Gasteiger partial charge in [0.25, 0.3) is 11.5 Å². The lowest BCUT2D eigenvalue weighted by molar-refractivity contribution is 0.0467. The maximum atomic E-state index is 12.3. The van der Waals surface area contributed by atoms with Crippen LogP contribution in [0, 0.1) is 6.92 Å². The summed E-state index contributed by atoms with van der Waals surface area (Å²) in [5.41, 5.74) is 1.38. The first kappa shape index (κ1) is 20.4. The quantitative estimate of drug-likeness (QED) is 0.475. The lowest BCUT2D eigenvalue weighted by Gasteiger charge is -2.08. The van der Waals surface area contributed by atoms with Crippen LogP contribution >= 0.6 is 11.6 Å². The SMILES string of the molecule is Cc1cc2nc(COC(=O)c3ccc(NC(=O)c4ccccc4Cl)cc3)cc(=O)n2o1. The Kier molecular flexibility index (Phi) is 5.55. The number of amides is 1. The van der Waals surface area contributed by atoms with E-state index in [1.54, 1.807) is 49.4 Å². The summed E-state index contributed by atoms with van der Waals surface area (Å²) in [5.74, 6) is -0.405. The molecule has 0 spiro atoms. The van der Waals surface area contributed by atoms with Gasteiger partial charge in [-0.2, -0.15) is 0 Å². The number of fused-ring (bicyclic) bond motifs is 1. The molecule has 8 nitrogen and oxygen atoms in total. The first-order valence-electron chi connectivity index (χ1n) is 9.23. The molecule has 2 heterocycles. The second-order valence-electron chi connectivity index (χ2n) is 6.67. The molecule has 4 rings (SSSR count). The molecule has 0 aliphatic carbocycles. The van der Waals surface area contributed by atoms with Gasteiger partial charge in [0, 0.05) is 17.8 Å². The van der Waals surface area contributed by atoms with Crippen molar-refractivity contribution >= 4 is 34.8 Å². The van der Waals surface area contributed by atoms with Crippen molar-refractivity contribution in [1.29, 1.82) is 0 Å². The summed E-state index contributed by atoms with van der Waals surface area (Å²) in [6.07, 6.45) is 0. The molecule has 0 saturated carbocycles. The van der Waals surface area contributed by atoms with Crippen LogP contribution in [0.5, 0.6) is 0 Å². The molecule has 1 N–H and O–H groups in total. The maximum Gasteiger partial charge on any atom is 0.338 e. The van der Waals surface area contributed by atoms with Gasteiger partial charge in [0.05, 0.1) is 21.8 Å². The van der Waals surface area contributed by atoms with Crippen LogP contribution in [-0.4, -0.2) is 21.4 Å². The highest BCUT2D eigenvalue weighted by molar-refractivity contribution is 6.34. The van der Waals surface area contributed by atoms with Crippen molar-refractivity contribution in [2.75, 3.05) is 5.32 Å². The summed E-state index contributed by atoms with van der Waals surface area (Å²) in [4.78, 5) is 40.9. The molecule has 156 valence electrons. The van der Waals surface area contributed by atoms with Crippen molar-refractivity contribution < 1.29 is 18.8 Å². The summed E-state index contributed by atoms with van der Waals surface area (Å²) < 4.78 is 11.5. The van der Waals surface area contributed by atoms with E-state index in [1.165, 1.54) is 18.2 Å². The third-order valence-corrected chi connectivity index (χ3v) is 4.70. The fourth-order valence-electron chi connectivity index (χ4n) is 2.90. The van der Waals surface area contributed by atoms with Crippen LogP contribution < -0.4 is 10.9 Å². The number of carbonyl (C=O) groups is 2. The first-order chi connectivity index (χ1) is 14.9. The standard InChI is InChI=1S/C22H16ClN3O5/c1-13-10-19-24-16(11-20(27)26(19)31-13)12-30-22(29)14-6-8-15(9-7-14)25-21(28)17-4-2-3-5-18(17)23/h2-11H,12H2,1H3,(H,25,28). The molecule has 0 radical (unpaired) electrons. The Labute approximate surface area is 181 Å². The summed E-state index contributed by atoms with van der Waals surface area (Å²) in [6.45, 7) is 1.54. The van der Waals surface area contributed by atoms with Gasteiger partial charge in [-0.1, -0.05) is 23.7 Å². The molecule has 4 aromatic rings. The zero-order valence-electron chi connectivity index (χ0n) is 16.3. The number of aromatic nitrogens is 2. The van der Waals surface area contributed by atoms with Crippen LogP contribution in [0.25, 0.3) is 5.65 Å². The number of anilines is 1. The average molecular weight is 438 g/mol. The molecule has 1 amide bonds. The fraction of sp³-hybridized carbons (Fsp3) is 0.0909. The van der Waals surface area contributed by atoms with Crippen LogP contribution in [0.4, 0.5) is 5.69 Å². The van der Waals surface area contributed by atoms with E-state index in [0.717, 1.165) is 4.57 Å². The van der Waals surface area contributed by atoms with Crippen LogP contribution in [0.3, 0.4) is 0 Å². The number of nitrogens with one attached hydrogen (secondary N) is 1. The molecule has 0 saturated heterocycles. The molecular formula is C22H16ClN3O5. The van der Waals surface area contributed by atoms with E-state index >= 15 is 0 Å². The number of ether oxygens (including phenoxy) is 1. The number of benzene rings is 2. The molecule has 2 aromatic carbocycles. The normalized spacial score (nSPS) is 10.8. The maximum absolute atomic E-state index is 12.3. The van der Waals surface area contributed by atoms with Crippen molar-refractivity contribution in [2.24, 2.45) is 0 Å². The van der Waals surface area contributed by atoms with E-state index in [2.05, 4.69) is 10.3 Å². The number of rotatable bonds is 5. The summed E-state index contributed by atoms with van der Waals surface area (Å²) >= 11 is 6.03. The molecule has 0 unspecified atom stereocenters. The van der Waals surface area contributed by atoms with Crippen LogP contribution in [0.1, 0.15) is 32.2 Å². The van der Waals surface area contributed by atoms with Gasteiger partial charge in [-0.25, -0.2) is 9.78 Å². The van der Waals surface area contributed by atoms with Crippen molar-refractivity contribution in [1.82, 2.24) is 9.56 Å². The largest absolute Gasteiger partial charge is 0.456 e. The van der Waals surface area contributed by atoms with Gasteiger partial charge in [0.1, 0.15) is 12.4 Å². The molecule has 0 aliphatic rings. The topological polar surface area (TPSA) is 103 Å². The summed E-state index contributed by atoms with van der Waals surface area (Å²) in [5, 5.41) is 3.06.